The number of nitriles is 1. The third-order valence-corrected chi connectivity index (χ3v) is 3.43. The van der Waals surface area contributed by atoms with Crippen LogP contribution in [0.5, 0.6) is 0 Å². The lowest BCUT2D eigenvalue weighted by atomic mass is 10.4. The normalized spacial score (nSPS) is 18.8. The van der Waals surface area contributed by atoms with Gasteiger partial charge >= 0.3 is 0 Å². The zero-order chi connectivity index (χ0) is 13.1. The highest BCUT2D eigenvalue weighted by atomic mass is 32.2. The van der Waals surface area contributed by atoms with Crippen LogP contribution in [-0.4, -0.2) is 32.8 Å². The fraction of sp³-hybridized carbons (Fsp3) is 0.364. The summed E-state index contributed by atoms with van der Waals surface area (Å²) in [5.74, 6) is 0.346. The van der Waals surface area contributed by atoms with E-state index in [1.807, 2.05) is 6.07 Å². The van der Waals surface area contributed by atoms with Gasteiger partial charge < -0.3 is 0 Å². The first-order valence-electron chi connectivity index (χ1n) is 5.30. The second-order valence-corrected chi connectivity index (χ2v) is 5.29. The van der Waals surface area contributed by atoms with Crippen molar-refractivity contribution in [2.75, 3.05) is 11.4 Å². The Morgan fingerprint density at radius 1 is 1.56 bits per heavy atom. The molecule has 1 aromatic rings. The van der Waals surface area contributed by atoms with Crippen LogP contribution in [0.25, 0.3) is 0 Å². The van der Waals surface area contributed by atoms with E-state index in [0.29, 0.717) is 18.8 Å². The Kier molecular flexibility index (Phi) is 3.58. The third kappa shape index (κ3) is 2.65. The molecule has 1 saturated heterocycles. The minimum atomic E-state index is -0.0762. The first kappa shape index (κ1) is 12.5. The van der Waals surface area contributed by atoms with E-state index in [2.05, 4.69) is 9.97 Å². The molecule has 1 atom stereocenters. The molecule has 18 heavy (non-hydrogen) atoms. The predicted molar refractivity (Wildman–Crippen MR) is 65.8 cm³/mol. The predicted octanol–water partition coefficient (Wildman–Crippen LogP) is 0.733. The molecule has 0 aliphatic carbocycles. The van der Waals surface area contributed by atoms with Crippen LogP contribution in [0.2, 0.25) is 0 Å². The van der Waals surface area contributed by atoms with E-state index in [0.717, 1.165) is 0 Å². The molecule has 1 fully saturated rings. The monoisotopic (exact) mass is 262 g/mol. The van der Waals surface area contributed by atoms with E-state index in [4.69, 9.17) is 5.26 Å². The van der Waals surface area contributed by atoms with Gasteiger partial charge in [0.2, 0.25) is 5.91 Å². The molecule has 92 valence electrons. The first-order valence-corrected chi connectivity index (χ1v) is 6.18. The molecule has 0 aromatic carbocycles. The number of carbonyl (C=O) groups excluding carboxylic acids is 2. The van der Waals surface area contributed by atoms with Crippen molar-refractivity contribution in [3.8, 4) is 6.07 Å². The summed E-state index contributed by atoms with van der Waals surface area (Å²) in [4.78, 5) is 32.2. The number of carbonyl (C=O) groups is 2. The minimum Gasteiger partial charge on any atom is -0.294 e. The molecule has 1 aliphatic heterocycles. The lowest BCUT2D eigenvalue weighted by Crippen LogP contribution is -2.26. The van der Waals surface area contributed by atoms with Gasteiger partial charge in [0.15, 0.2) is 16.6 Å². The quantitative estimate of drug-likeness (QED) is 0.781. The number of thioether (sulfide) groups is 1. The van der Waals surface area contributed by atoms with E-state index in [1.54, 1.807) is 0 Å². The molecule has 7 heteroatoms. The van der Waals surface area contributed by atoms with Crippen molar-refractivity contribution in [1.29, 1.82) is 5.26 Å². The van der Waals surface area contributed by atoms with Crippen LogP contribution in [0.4, 0.5) is 5.82 Å². The molecule has 1 unspecified atom stereocenters. The highest BCUT2D eigenvalue weighted by Gasteiger charge is 2.32. The number of nitrogens with zero attached hydrogens (tertiary/aromatic N) is 4. The zero-order valence-corrected chi connectivity index (χ0v) is 10.5. The average molecular weight is 262 g/mol. The number of hydrogen-bond donors (Lipinski definition) is 0. The van der Waals surface area contributed by atoms with Gasteiger partial charge in [0, 0.05) is 25.1 Å². The molecular formula is C11H10N4O2S. The number of anilines is 1. The van der Waals surface area contributed by atoms with Gasteiger partial charge in [0.25, 0.3) is 0 Å². The molecule has 0 saturated carbocycles. The van der Waals surface area contributed by atoms with Crippen LogP contribution < -0.4 is 4.90 Å². The smallest absolute Gasteiger partial charge is 0.229 e. The summed E-state index contributed by atoms with van der Waals surface area (Å²) in [6.07, 6.45) is 3.05. The standard InChI is InChI=1S/C11H10N4O2S/c1-7(16)18-9-2-11(17)15(6-9)10-5-13-8(3-12)4-14-10/h4-5,9H,2,6H2,1H3. The van der Waals surface area contributed by atoms with Gasteiger partial charge in [-0.2, -0.15) is 5.26 Å². The van der Waals surface area contributed by atoms with Crippen molar-refractivity contribution in [3.05, 3.63) is 18.1 Å². The van der Waals surface area contributed by atoms with Gasteiger partial charge in [-0.05, 0) is 0 Å². The minimum absolute atomic E-state index is 0.000521. The fourth-order valence-electron chi connectivity index (χ4n) is 1.73. The molecule has 0 spiro atoms. The van der Waals surface area contributed by atoms with Crippen LogP contribution in [0.15, 0.2) is 12.4 Å². The molecular weight excluding hydrogens is 252 g/mol. The van der Waals surface area contributed by atoms with Gasteiger partial charge in [-0.15, -0.1) is 0 Å². The SMILES string of the molecule is CC(=O)SC1CC(=O)N(c2cnc(C#N)cn2)C1. The summed E-state index contributed by atoms with van der Waals surface area (Å²) in [6.45, 7) is 1.93. The van der Waals surface area contributed by atoms with E-state index in [9.17, 15) is 9.59 Å². The number of aromatic nitrogens is 2. The maximum Gasteiger partial charge on any atom is 0.229 e. The molecule has 1 aliphatic rings. The molecule has 1 amide bonds. The summed E-state index contributed by atoms with van der Waals surface area (Å²) in [7, 11) is 0. The van der Waals surface area contributed by atoms with Crippen LogP contribution >= 0.6 is 11.8 Å². The van der Waals surface area contributed by atoms with E-state index in [-0.39, 0.29) is 22.0 Å². The van der Waals surface area contributed by atoms with Crippen molar-refractivity contribution >= 4 is 28.6 Å². The molecule has 0 radical (unpaired) electrons. The Balaban J connectivity index is 2.11. The number of rotatable bonds is 2. The van der Waals surface area contributed by atoms with Gasteiger partial charge in [-0.25, -0.2) is 9.97 Å². The molecule has 2 heterocycles. The summed E-state index contributed by atoms with van der Waals surface area (Å²) >= 11 is 1.17. The van der Waals surface area contributed by atoms with Crippen LogP contribution in [0, 0.1) is 11.3 Å². The Morgan fingerprint density at radius 2 is 2.33 bits per heavy atom. The highest BCUT2D eigenvalue weighted by Crippen LogP contribution is 2.27. The molecule has 1 aromatic heterocycles. The van der Waals surface area contributed by atoms with Crippen LogP contribution in [0.1, 0.15) is 19.0 Å². The lowest BCUT2D eigenvalue weighted by molar-refractivity contribution is -0.117. The van der Waals surface area contributed by atoms with Gasteiger partial charge in [0.1, 0.15) is 6.07 Å². The summed E-state index contributed by atoms with van der Waals surface area (Å²) in [6, 6.07) is 1.87. The van der Waals surface area contributed by atoms with E-state index < -0.39 is 0 Å². The van der Waals surface area contributed by atoms with Gasteiger partial charge in [-0.1, -0.05) is 11.8 Å². The number of hydrogen-bond acceptors (Lipinski definition) is 6. The Hall–Kier alpha value is -1.94. The highest BCUT2D eigenvalue weighted by molar-refractivity contribution is 8.14. The maximum absolute atomic E-state index is 11.8. The lowest BCUT2D eigenvalue weighted by Gasteiger charge is -2.14. The van der Waals surface area contributed by atoms with Crippen LogP contribution in [-0.2, 0) is 9.59 Å². The van der Waals surface area contributed by atoms with Crippen LogP contribution in [0.3, 0.4) is 0 Å². The van der Waals surface area contributed by atoms with Crippen molar-refractivity contribution in [1.82, 2.24) is 9.97 Å². The molecule has 6 nitrogen and oxygen atoms in total. The largest absolute Gasteiger partial charge is 0.294 e. The van der Waals surface area contributed by atoms with Crippen molar-refractivity contribution in [3.63, 3.8) is 0 Å². The second-order valence-electron chi connectivity index (χ2n) is 3.81. The van der Waals surface area contributed by atoms with Gasteiger partial charge in [0.05, 0.1) is 12.4 Å². The van der Waals surface area contributed by atoms with Crippen molar-refractivity contribution in [2.24, 2.45) is 0 Å². The van der Waals surface area contributed by atoms with Gasteiger partial charge in [-0.3, -0.25) is 14.5 Å². The average Bonchev–Trinajstić information content (AvgIpc) is 2.69. The molecule has 2 rings (SSSR count). The third-order valence-electron chi connectivity index (χ3n) is 2.45. The van der Waals surface area contributed by atoms with E-state index in [1.165, 1.54) is 36.0 Å². The molecule has 0 N–H and O–H groups in total. The first-order chi connectivity index (χ1) is 8.60. The summed E-state index contributed by atoms with van der Waals surface area (Å²) in [5.41, 5.74) is 0.208. The van der Waals surface area contributed by atoms with Crippen molar-refractivity contribution in [2.45, 2.75) is 18.6 Å². The zero-order valence-electron chi connectivity index (χ0n) is 9.66. The Bertz CT molecular complexity index is 523. The van der Waals surface area contributed by atoms with E-state index >= 15 is 0 Å². The molecule has 0 bridgehead atoms. The summed E-state index contributed by atoms with van der Waals surface area (Å²) < 4.78 is 0. The van der Waals surface area contributed by atoms with Crippen molar-refractivity contribution < 1.29 is 9.59 Å². The topological polar surface area (TPSA) is 87.0 Å². The number of amides is 1. The summed E-state index contributed by atoms with van der Waals surface area (Å²) in [5, 5.41) is 8.58. The Morgan fingerprint density at radius 3 is 2.89 bits per heavy atom. The maximum atomic E-state index is 11.8. The fourth-order valence-corrected chi connectivity index (χ4v) is 2.65. The Labute approximate surface area is 108 Å². The second kappa shape index (κ2) is 5.14.